The number of alkyl carbamates (subject to hydrolysis) is 1. The molecule has 3 aromatic carbocycles. The lowest BCUT2D eigenvalue weighted by atomic mass is 9.93. The summed E-state index contributed by atoms with van der Waals surface area (Å²) < 4.78 is 45.2. The Kier molecular flexibility index (Phi) is 18.0. The Morgan fingerprint density at radius 2 is 1.41 bits per heavy atom. The van der Waals surface area contributed by atoms with Crippen LogP contribution in [0.15, 0.2) is 54.6 Å². The largest absolute Gasteiger partial charge is 0.497 e. The van der Waals surface area contributed by atoms with Crippen LogP contribution in [0.25, 0.3) is 0 Å². The van der Waals surface area contributed by atoms with Gasteiger partial charge < -0.3 is 48.1 Å². The molecule has 18 nitrogen and oxygen atoms in total. The normalized spacial score (nSPS) is 13.5. The highest BCUT2D eigenvalue weighted by Crippen LogP contribution is 2.41. The third-order valence-corrected chi connectivity index (χ3v) is 11.1. The van der Waals surface area contributed by atoms with Crippen molar-refractivity contribution in [2.45, 2.75) is 97.0 Å². The molecule has 5 rings (SSSR count). The van der Waals surface area contributed by atoms with Gasteiger partial charge >= 0.3 is 23.8 Å². The first-order valence-corrected chi connectivity index (χ1v) is 21.9. The van der Waals surface area contributed by atoms with Crippen molar-refractivity contribution < 1.29 is 52.4 Å². The number of hydrogen-bond acceptors (Lipinski definition) is 16. The number of amides is 1. The molecule has 1 unspecified atom stereocenters. The maximum Gasteiger partial charge on any atom is 0.407 e. The van der Waals surface area contributed by atoms with Crippen LogP contribution < -0.4 is 38.6 Å². The van der Waals surface area contributed by atoms with E-state index in [0.29, 0.717) is 58.4 Å². The number of carbonyl (C=O) groups excluding carboxylic acids is 2. The molecule has 0 radical (unpaired) electrons. The molecule has 0 spiro atoms. The number of unbranched alkanes of at least 4 members (excludes halogenated alkanes) is 1. The molecule has 4 aromatic rings. The van der Waals surface area contributed by atoms with Crippen molar-refractivity contribution in [2.24, 2.45) is 0 Å². The zero-order chi connectivity index (χ0) is 48.0. The number of nitrogens with one attached hydrogen (secondary N) is 1. The van der Waals surface area contributed by atoms with Gasteiger partial charge in [0, 0.05) is 62.0 Å². The van der Waals surface area contributed by atoms with Crippen LogP contribution in [-0.4, -0.2) is 106 Å². The summed E-state index contributed by atoms with van der Waals surface area (Å²) in [6.45, 7) is 9.95. The van der Waals surface area contributed by atoms with Crippen LogP contribution >= 0.6 is 0 Å². The minimum Gasteiger partial charge on any atom is -0.497 e. The van der Waals surface area contributed by atoms with Gasteiger partial charge in [-0.2, -0.15) is 9.97 Å². The Bertz CT molecular complexity index is 2220. The molecule has 2 heterocycles. The van der Waals surface area contributed by atoms with Gasteiger partial charge in [0.2, 0.25) is 5.82 Å². The first kappa shape index (κ1) is 50.4. The average molecular weight is 917 g/mol. The number of likely N-dealkylation sites (tertiary alicyclic amines) is 1. The molecule has 66 heavy (non-hydrogen) atoms. The number of nitrogens with zero attached hydrogens (tertiary/aromatic N) is 5. The van der Waals surface area contributed by atoms with E-state index in [2.05, 4.69) is 15.2 Å². The molecule has 1 atom stereocenters. The highest BCUT2D eigenvalue weighted by molar-refractivity contribution is 5.81. The van der Waals surface area contributed by atoms with Crippen molar-refractivity contribution in [3.8, 4) is 34.8 Å². The lowest BCUT2D eigenvalue weighted by molar-refractivity contribution is -0.385. The van der Waals surface area contributed by atoms with Crippen molar-refractivity contribution in [1.29, 1.82) is 0 Å². The van der Waals surface area contributed by atoms with Crippen molar-refractivity contribution >= 4 is 23.6 Å². The number of rotatable bonds is 22. The molecule has 1 N–H and O–H groups in total. The number of piperidine rings is 1. The van der Waals surface area contributed by atoms with Gasteiger partial charge in [-0.3, -0.25) is 19.8 Å². The third kappa shape index (κ3) is 13.5. The van der Waals surface area contributed by atoms with E-state index in [0.717, 1.165) is 37.9 Å². The van der Waals surface area contributed by atoms with E-state index >= 15 is 0 Å². The first-order chi connectivity index (χ1) is 31.6. The second-order valence-corrected chi connectivity index (χ2v) is 16.9. The van der Waals surface area contributed by atoms with E-state index in [1.165, 1.54) is 28.4 Å². The average Bonchev–Trinajstić information content (AvgIpc) is 3.30. The van der Waals surface area contributed by atoms with Crippen LogP contribution in [0.2, 0.25) is 0 Å². The highest BCUT2D eigenvalue weighted by Gasteiger charge is 2.38. The molecule has 358 valence electrons. The minimum atomic E-state index is -1.30. The van der Waals surface area contributed by atoms with Gasteiger partial charge in [-0.05, 0) is 87.9 Å². The van der Waals surface area contributed by atoms with E-state index in [1.54, 1.807) is 43.4 Å². The van der Waals surface area contributed by atoms with Gasteiger partial charge in [-0.25, -0.2) is 4.79 Å². The smallest absolute Gasteiger partial charge is 0.407 e. The Labute approximate surface area is 386 Å². The van der Waals surface area contributed by atoms with Crippen LogP contribution in [-0.2, 0) is 40.3 Å². The molecule has 1 aliphatic rings. The molecule has 18 heteroatoms. The Hall–Kier alpha value is -6.56. The molecule has 1 aromatic heterocycles. The van der Waals surface area contributed by atoms with E-state index in [-0.39, 0.29) is 49.7 Å². The van der Waals surface area contributed by atoms with E-state index in [9.17, 15) is 19.7 Å². The van der Waals surface area contributed by atoms with E-state index in [1.807, 2.05) is 58.0 Å². The highest BCUT2D eigenvalue weighted by atomic mass is 16.6. The second kappa shape index (κ2) is 23.6. The summed E-state index contributed by atoms with van der Waals surface area (Å²) in [5.41, 5.74) is 1.60. The summed E-state index contributed by atoms with van der Waals surface area (Å²) in [6, 6.07) is 16.2. The SMILES string of the molecule is CCCCOc1nc(C(Cc2ccc(CN3CCC(NC(=O)OC(C)(C)C)CC3)cc2OC)C(=O)OC)c([N+](=O)[O-])c(N(Cc2ccc(OC)cc2OC)Cc2ccc(OC)cc2OC)n1. The summed E-state index contributed by atoms with van der Waals surface area (Å²) in [5.74, 6) is 0.387. The number of ether oxygens (including phenoxy) is 8. The fourth-order valence-corrected chi connectivity index (χ4v) is 7.71. The number of methoxy groups -OCH3 is 6. The van der Waals surface area contributed by atoms with Crippen molar-refractivity contribution in [3.63, 3.8) is 0 Å². The quantitative estimate of drug-likeness (QED) is 0.0347. The van der Waals surface area contributed by atoms with Crippen LogP contribution in [0, 0.1) is 10.1 Å². The van der Waals surface area contributed by atoms with Crippen LogP contribution in [0.1, 0.15) is 87.2 Å². The maximum absolute atomic E-state index is 14.0. The zero-order valence-corrected chi connectivity index (χ0v) is 39.8. The third-order valence-electron chi connectivity index (χ3n) is 11.1. The Morgan fingerprint density at radius 3 is 1.92 bits per heavy atom. The standard InChI is InChI=1S/C48H64N6O12/c1-11-12-23-65-46-50-42(38(45(55)64-10)25-32-14-13-31(24-39(32)61-7)28-52-21-19-35(20-22-52)49-47(56)66-48(2,3)4)43(54(57)58)44(51-46)53(29-33-15-17-36(59-5)26-40(33)62-8)30-34-16-18-37(60-6)27-41(34)63-9/h13-18,24,26-27,35,38H,11-12,19-23,25,28-30H2,1-10H3,(H,49,56). The monoisotopic (exact) mass is 916 g/mol. The van der Waals surface area contributed by atoms with Crippen LogP contribution in [0.5, 0.6) is 34.8 Å². The first-order valence-electron chi connectivity index (χ1n) is 21.9. The topological polar surface area (TPSA) is 195 Å². The van der Waals surface area contributed by atoms with Gasteiger partial charge in [-0.15, -0.1) is 0 Å². The molecular weight excluding hydrogens is 853 g/mol. The number of hydrogen-bond donors (Lipinski definition) is 1. The van der Waals surface area contributed by atoms with E-state index < -0.39 is 34.2 Å². The maximum atomic E-state index is 14.0. The van der Waals surface area contributed by atoms with Gasteiger partial charge in [0.15, 0.2) is 0 Å². The molecule has 1 fully saturated rings. The lowest BCUT2D eigenvalue weighted by Gasteiger charge is -2.33. The van der Waals surface area contributed by atoms with Crippen LogP contribution in [0.4, 0.5) is 16.3 Å². The van der Waals surface area contributed by atoms with Crippen LogP contribution in [0.3, 0.4) is 0 Å². The Morgan fingerprint density at radius 1 is 0.833 bits per heavy atom. The molecule has 1 amide bonds. The molecule has 1 saturated heterocycles. The fourth-order valence-electron chi connectivity index (χ4n) is 7.71. The van der Waals surface area contributed by atoms with E-state index in [4.69, 9.17) is 42.9 Å². The number of carbonyl (C=O) groups is 2. The van der Waals surface area contributed by atoms with Gasteiger partial charge in [0.1, 0.15) is 46.0 Å². The summed E-state index contributed by atoms with van der Waals surface area (Å²) >= 11 is 0. The number of esters is 1. The number of nitro groups is 1. The lowest BCUT2D eigenvalue weighted by Crippen LogP contribution is -2.45. The van der Waals surface area contributed by atoms with Gasteiger partial charge in [0.05, 0.1) is 54.2 Å². The number of benzene rings is 3. The summed E-state index contributed by atoms with van der Waals surface area (Å²) in [4.78, 5) is 52.7. The minimum absolute atomic E-state index is 0.00910. The molecule has 0 bridgehead atoms. The predicted octanol–water partition coefficient (Wildman–Crippen LogP) is 7.80. The number of aromatic nitrogens is 2. The molecular formula is C48H64N6O12. The number of anilines is 1. The molecule has 1 aliphatic heterocycles. The summed E-state index contributed by atoms with van der Waals surface area (Å²) in [7, 11) is 8.91. The van der Waals surface area contributed by atoms with Crippen molar-refractivity contribution in [1.82, 2.24) is 20.2 Å². The van der Waals surface area contributed by atoms with Gasteiger partial charge in [-0.1, -0.05) is 25.5 Å². The molecule has 0 saturated carbocycles. The summed E-state index contributed by atoms with van der Waals surface area (Å²) in [6.07, 6.45) is 2.50. The molecule has 0 aliphatic carbocycles. The fraction of sp³-hybridized carbons (Fsp3) is 0.500. The van der Waals surface area contributed by atoms with Gasteiger partial charge in [0.25, 0.3) is 0 Å². The van der Waals surface area contributed by atoms with Crippen molar-refractivity contribution in [2.75, 3.05) is 67.3 Å². The second-order valence-electron chi connectivity index (χ2n) is 16.9. The summed E-state index contributed by atoms with van der Waals surface area (Å²) in [5, 5.41) is 16.5. The van der Waals surface area contributed by atoms with Crippen molar-refractivity contribution in [3.05, 3.63) is 92.7 Å². The predicted molar refractivity (Wildman–Crippen MR) is 247 cm³/mol. The Balaban J connectivity index is 1.56. The zero-order valence-electron chi connectivity index (χ0n) is 39.8.